The molecule has 1 aromatic rings. The van der Waals surface area contributed by atoms with Crippen molar-refractivity contribution < 1.29 is 5.11 Å². The second-order valence-corrected chi connectivity index (χ2v) is 3.30. The van der Waals surface area contributed by atoms with E-state index in [2.05, 4.69) is 10.3 Å². The Morgan fingerprint density at radius 3 is 2.83 bits per heavy atom. The van der Waals surface area contributed by atoms with Gasteiger partial charge in [-0.05, 0) is 19.4 Å². The number of H-pyrrole nitrogens is 1. The van der Waals surface area contributed by atoms with Crippen molar-refractivity contribution in [2.75, 3.05) is 6.54 Å². The average molecular weight is 166 g/mol. The van der Waals surface area contributed by atoms with Gasteiger partial charge in [0.15, 0.2) is 0 Å². The summed E-state index contributed by atoms with van der Waals surface area (Å²) in [7, 11) is 0. The van der Waals surface area contributed by atoms with Gasteiger partial charge in [-0.3, -0.25) is 0 Å². The van der Waals surface area contributed by atoms with Crippen molar-refractivity contribution in [2.45, 2.75) is 25.3 Å². The maximum absolute atomic E-state index is 9.43. The molecule has 1 aromatic heterocycles. The molecule has 66 valence electrons. The predicted octanol–water partition coefficient (Wildman–Crippen LogP) is 1.53. The number of nitrogens with one attached hydrogen (secondary N) is 2. The van der Waals surface area contributed by atoms with E-state index in [1.165, 1.54) is 12.8 Å². The highest BCUT2D eigenvalue weighted by Crippen LogP contribution is 2.28. The molecule has 1 aliphatic heterocycles. The molecule has 1 atom stereocenters. The summed E-state index contributed by atoms with van der Waals surface area (Å²) in [5, 5.41) is 12.8. The zero-order chi connectivity index (χ0) is 8.39. The maximum atomic E-state index is 9.43. The van der Waals surface area contributed by atoms with Crippen molar-refractivity contribution in [1.29, 1.82) is 0 Å². The van der Waals surface area contributed by atoms with Gasteiger partial charge in [0.1, 0.15) is 5.75 Å². The highest BCUT2D eigenvalue weighted by Gasteiger charge is 2.17. The number of aromatic hydroxyl groups is 1. The third kappa shape index (κ3) is 1.32. The Morgan fingerprint density at radius 1 is 1.33 bits per heavy atom. The van der Waals surface area contributed by atoms with Gasteiger partial charge in [0, 0.05) is 24.0 Å². The molecule has 3 nitrogen and oxygen atoms in total. The lowest BCUT2D eigenvalue weighted by molar-refractivity contribution is 0.393. The van der Waals surface area contributed by atoms with Gasteiger partial charge in [0.2, 0.25) is 0 Å². The standard InChI is InChI=1S/C9H14N2O/c12-9-6-10-5-7(9)8-3-1-2-4-11-8/h5-6,8,10-12H,1-4H2/t8-/m0/s1. The van der Waals surface area contributed by atoms with E-state index in [1.54, 1.807) is 6.20 Å². The quantitative estimate of drug-likeness (QED) is 0.592. The van der Waals surface area contributed by atoms with E-state index >= 15 is 0 Å². The molecule has 1 saturated heterocycles. The zero-order valence-corrected chi connectivity index (χ0v) is 7.01. The second-order valence-electron chi connectivity index (χ2n) is 3.30. The fourth-order valence-electron chi connectivity index (χ4n) is 1.76. The highest BCUT2D eigenvalue weighted by molar-refractivity contribution is 5.31. The third-order valence-corrected chi connectivity index (χ3v) is 2.44. The number of aromatic amines is 1. The second kappa shape index (κ2) is 3.19. The SMILES string of the molecule is Oc1c[nH]cc1[C@@H]1CCCCN1. The molecular formula is C9H14N2O. The Bertz CT molecular complexity index is 251. The summed E-state index contributed by atoms with van der Waals surface area (Å²) in [6.07, 6.45) is 7.14. The van der Waals surface area contributed by atoms with Crippen LogP contribution in [0.2, 0.25) is 0 Å². The topological polar surface area (TPSA) is 48.0 Å². The molecule has 1 fully saturated rings. The van der Waals surface area contributed by atoms with Crippen LogP contribution in [0.5, 0.6) is 5.75 Å². The van der Waals surface area contributed by atoms with Gasteiger partial charge in [-0.15, -0.1) is 0 Å². The number of hydrogen-bond acceptors (Lipinski definition) is 2. The fourth-order valence-corrected chi connectivity index (χ4v) is 1.76. The van der Waals surface area contributed by atoms with Crippen LogP contribution in [-0.4, -0.2) is 16.6 Å². The summed E-state index contributed by atoms with van der Waals surface area (Å²) in [6.45, 7) is 1.06. The maximum Gasteiger partial charge on any atom is 0.137 e. The zero-order valence-electron chi connectivity index (χ0n) is 7.01. The van der Waals surface area contributed by atoms with Crippen molar-refractivity contribution in [2.24, 2.45) is 0 Å². The lowest BCUT2D eigenvalue weighted by Gasteiger charge is -2.22. The third-order valence-electron chi connectivity index (χ3n) is 2.44. The van der Waals surface area contributed by atoms with Crippen LogP contribution < -0.4 is 5.32 Å². The van der Waals surface area contributed by atoms with Gasteiger partial charge in [-0.1, -0.05) is 6.42 Å². The first-order valence-electron chi connectivity index (χ1n) is 4.47. The average Bonchev–Trinajstić information content (AvgIpc) is 2.53. The van der Waals surface area contributed by atoms with Crippen molar-refractivity contribution in [1.82, 2.24) is 10.3 Å². The number of aromatic nitrogens is 1. The van der Waals surface area contributed by atoms with E-state index in [4.69, 9.17) is 0 Å². The lowest BCUT2D eigenvalue weighted by atomic mass is 9.99. The van der Waals surface area contributed by atoms with Crippen LogP contribution in [0.15, 0.2) is 12.4 Å². The molecule has 0 radical (unpaired) electrons. The molecule has 0 aliphatic carbocycles. The largest absolute Gasteiger partial charge is 0.506 e. The van der Waals surface area contributed by atoms with Gasteiger partial charge in [0.05, 0.1) is 0 Å². The molecular weight excluding hydrogens is 152 g/mol. The molecule has 0 aromatic carbocycles. The smallest absolute Gasteiger partial charge is 0.137 e. The van der Waals surface area contributed by atoms with Crippen LogP contribution in [0.25, 0.3) is 0 Å². The van der Waals surface area contributed by atoms with E-state index in [9.17, 15) is 5.11 Å². The molecule has 0 spiro atoms. The monoisotopic (exact) mass is 166 g/mol. The predicted molar refractivity (Wildman–Crippen MR) is 47.1 cm³/mol. The Labute approximate surface area is 71.8 Å². The van der Waals surface area contributed by atoms with E-state index in [0.717, 1.165) is 18.5 Å². The van der Waals surface area contributed by atoms with Gasteiger partial charge < -0.3 is 15.4 Å². The van der Waals surface area contributed by atoms with Gasteiger partial charge in [-0.2, -0.15) is 0 Å². The minimum atomic E-state index is 0.352. The molecule has 2 rings (SSSR count). The summed E-state index contributed by atoms with van der Waals surface area (Å²) in [4.78, 5) is 2.91. The molecule has 0 saturated carbocycles. The van der Waals surface area contributed by atoms with Crippen LogP contribution in [-0.2, 0) is 0 Å². The summed E-state index contributed by atoms with van der Waals surface area (Å²) in [5.41, 5.74) is 1.01. The normalized spacial score (nSPS) is 24.2. The molecule has 12 heavy (non-hydrogen) atoms. The Kier molecular flexibility index (Phi) is 2.04. The van der Waals surface area contributed by atoms with Crippen molar-refractivity contribution in [3.63, 3.8) is 0 Å². The summed E-state index contributed by atoms with van der Waals surface area (Å²) >= 11 is 0. The van der Waals surface area contributed by atoms with E-state index in [-0.39, 0.29) is 0 Å². The fraction of sp³-hybridized carbons (Fsp3) is 0.556. The Morgan fingerprint density at radius 2 is 2.25 bits per heavy atom. The Hall–Kier alpha value is -0.960. The van der Waals surface area contributed by atoms with Gasteiger partial charge in [0.25, 0.3) is 0 Å². The highest BCUT2D eigenvalue weighted by atomic mass is 16.3. The van der Waals surface area contributed by atoms with Crippen LogP contribution in [0.3, 0.4) is 0 Å². The van der Waals surface area contributed by atoms with Crippen LogP contribution in [0.4, 0.5) is 0 Å². The number of hydrogen-bond donors (Lipinski definition) is 3. The van der Waals surface area contributed by atoms with Crippen LogP contribution in [0, 0.1) is 0 Å². The van der Waals surface area contributed by atoms with Gasteiger partial charge >= 0.3 is 0 Å². The Balaban J connectivity index is 2.13. The summed E-state index contributed by atoms with van der Waals surface area (Å²) in [6, 6.07) is 0.352. The summed E-state index contributed by atoms with van der Waals surface area (Å²) < 4.78 is 0. The molecule has 3 N–H and O–H groups in total. The van der Waals surface area contributed by atoms with Crippen molar-refractivity contribution in [3.05, 3.63) is 18.0 Å². The van der Waals surface area contributed by atoms with E-state index in [0.29, 0.717) is 11.8 Å². The van der Waals surface area contributed by atoms with Crippen molar-refractivity contribution in [3.8, 4) is 5.75 Å². The van der Waals surface area contributed by atoms with Crippen LogP contribution in [0.1, 0.15) is 30.9 Å². The minimum absolute atomic E-state index is 0.352. The first kappa shape index (κ1) is 7.68. The molecule has 1 aliphatic rings. The van der Waals surface area contributed by atoms with E-state index in [1.807, 2.05) is 6.20 Å². The van der Waals surface area contributed by atoms with E-state index < -0.39 is 0 Å². The van der Waals surface area contributed by atoms with Crippen molar-refractivity contribution >= 4 is 0 Å². The number of piperidine rings is 1. The summed E-state index contributed by atoms with van der Waals surface area (Å²) in [5.74, 6) is 0.384. The first-order valence-corrected chi connectivity index (χ1v) is 4.47. The molecule has 0 amide bonds. The molecule has 2 heterocycles. The van der Waals surface area contributed by atoms with Gasteiger partial charge in [-0.25, -0.2) is 0 Å². The lowest BCUT2D eigenvalue weighted by Crippen LogP contribution is -2.26. The minimum Gasteiger partial charge on any atom is -0.506 e. The first-order chi connectivity index (χ1) is 5.88. The number of rotatable bonds is 1. The molecule has 0 bridgehead atoms. The van der Waals surface area contributed by atoms with Crippen LogP contribution >= 0.6 is 0 Å². The molecule has 3 heteroatoms. The molecule has 0 unspecified atom stereocenters.